The fraction of sp³-hybridized carbons (Fsp3) is 0.474. The summed E-state index contributed by atoms with van der Waals surface area (Å²) in [5.74, 6) is 0.837. The zero-order chi connectivity index (χ0) is 19.9. The number of aromatic nitrogens is 2. The molecule has 1 aromatic heterocycles. The molecule has 1 aliphatic heterocycles. The Hall–Kier alpha value is -2.90. The van der Waals surface area contributed by atoms with Gasteiger partial charge in [-0.25, -0.2) is 14.8 Å². The third kappa shape index (κ3) is 6.73. The van der Waals surface area contributed by atoms with E-state index in [1.54, 1.807) is 23.2 Å². The van der Waals surface area contributed by atoms with Crippen LogP contribution in [0.15, 0.2) is 36.7 Å². The van der Waals surface area contributed by atoms with Gasteiger partial charge >= 0.3 is 6.09 Å². The first-order valence-corrected chi connectivity index (χ1v) is 8.94. The van der Waals surface area contributed by atoms with Crippen LogP contribution in [0.25, 0.3) is 0 Å². The van der Waals surface area contributed by atoms with Gasteiger partial charge in [-0.3, -0.25) is 4.79 Å². The van der Waals surface area contributed by atoms with Gasteiger partial charge in [-0.15, -0.1) is 0 Å². The van der Waals surface area contributed by atoms with Crippen molar-refractivity contribution >= 4 is 23.6 Å². The fourth-order valence-corrected chi connectivity index (χ4v) is 2.42. The lowest BCUT2D eigenvalue weighted by atomic mass is 10.2. The molecule has 146 valence electrons. The van der Waals surface area contributed by atoms with Gasteiger partial charge in [0.2, 0.25) is 5.91 Å². The number of carbonyl (C=O) groups is 2. The van der Waals surface area contributed by atoms with Crippen LogP contribution < -0.4 is 10.2 Å². The zero-order valence-electron chi connectivity index (χ0n) is 16.3. The van der Waals surface area contributed by atoms with Crippen LogP contribution in [0, 0.1) is 0 Å². The third-order valence-corrected chi connectivity index (χ3v) is 3.70. The van der Waals surface area contributed by atoms with Crippen LogP contribution in [0.3, 0.4) is 0 Å². The molecule has 1 aromatic rings. The number of nitrogens with one attached hydrogen (secondary N) is 1. The lowest BCUT2D eigenvalue weighted by molar-refractivity contribution is -0.111. The molecule has 2 heterocycles. The van der Waals surface area contributed by atoms with E-state index in [0.29, 0.717) is 37.8 Å². The van der Waals surface area contributed by atoms with Gasteiger partial charge in [-0.05, 0) is 27.7 Å². The third-order valence-electron chi connectivity index (χ3n) is 3.70. The fourth-order valence-electron chi connectivity index (χ4n) is 2.42. The summed E-state index contributed by atoms with van der Waals surface area (Å²) >= 11 is 0. The number of hydrogen-bond donors (Lipinski definition) is 1. The Balaban J connectivity index is 1.86. The molecular formula is C19H27N5O3. The smallest absolute Gasteiger partial charge is 0.410 e. The van der Waals surface area contributed by atoms with Crippen molar-refractivity contribution in [3.63, 3.8) is 0 Å². The largest absolute Gasteiger partial charge is 0.444 e. The van der Waals surface area contributed by atoms with Gasteiger partial charge in [0, 0.05) is 32.3 Å². The van der Waals surface area contributed by atoms with Crippen LogP contribution in [0.2, 0.25) is 0 Å². The van der Waals surface area contributed by atoms with Crippen molar-refractivity contribution in [2.24, 2.45) is 0 Å². The number of nitrogens with zero attached hydrogens (tertiary/aromatic N) is 4. The van der Waals surface area contributed by atoms with Crippen LogP contribution >= 0.6 is 0 Å². The van der Waals surface area contributed by atoms with Gasteiger partial charge < -0.3 is 19.9 Å². The molecule has 0 aromatic carbocycles. The highest BCUT2D eigenvalue weighted by molar-refractivity contribution is 5.98. The summed E-state index contributed by atoms with van der Waals surface area (Å²) in [4.78, 5) is 36.2. The second kappa shape index (κ2) is 9.16. The number of rotatable bonds is 4. The Morgan fingerprint density at radius 2 is 1.81 bits per heavy atom. The minimum atomic E-state index is -0.498. The lowest BCUT2D eigenvalue weighted by Crippen LogP contribution is -2.50. The van der Waals surface area contributed by atoms with Gasteiger partial charge in [0.05, 0.1) is 12.4 Å². The maximum atomic E-state index is 12.1. The molecule has 0 bridgehead atoms. The van der Waals surface area contributed by atoms with Crippen molar-refractivity contribution in [1.82, 2.24) is 14.9 Å². The van der Waals surface area contributed by atoms with E-state index < -0.39 is 5.60 Å². The molecule has 27 heavy (non-hydrogen) atoms. The summed E-state index contributed by atoms with van der Waals surface area (Å²) in [5, 5.41) is 2.65. The monoisotopic (exact) mass is 373 g/mol. The summed E-state index contributed by atoms with van der Waals surface area (Å²) in [6.45, 7) is 9.85. The number of allylic oxidation sites excluding steroid dienone is 3. The van der Waals surface area contributed by atoms with E-state index in [1.807, 2.05) is 38.7 Å². The minimum Gasteiger partial charge on any atom is -0.444 e. The van der Waals surface area contributed by atoms with E-state index in [2.05, 4.69) is 15.3 Å². The van der Waals surface area contributed by atoms with E-state index in [9.17, 15) is 9.59 Å². The molecular weight excluding hydrogens is 346 g/mol. The number of piperazine rings is 1. The van der Waals surface area contributed by atoms with Crippen molar-refractivity contribution in [3.05, 3.63) is 36.7 Å². The van der Waals surface area contributed by atoms with Crippen LogP contribution in [0.5, 0.6) is 0 Å². The molecule has 0 aliphatic carbocycles. The summed E-state index contributed by atoms with van der Waals surface area (Å²) in [5.41, 5.74) is -0.498. The molecule has 1 saturated heterocycles. The first kappa shape index (κ1) is 20.4. The minimum absolute atomic E-state index is 0.263. The summed E-state index contributed by atoms with van der Waals surface area (Å²) in [7, 11) is 0. The maximum absolute atomic E-state index is 12.1. The SMILES string of the molecule is CC=CC=CC(=O)Nc1cnc(N2CCN(C(=O)OC(C)(C)C)CC2)cn1. The van der Waals surface area contributed by atoms with Crippen molar-refractivity contribution < 1.29 is 14.3 Å². The highest BCUT2D eigenvalue weighted by Crippen LogP contribution is 2.16. The molecule has 0 spiro atoms. The highest BCUT2D eigenvalue weighted by atomic mass is 16.6. The molecule has 2 amide bonds. The summed E-state index contributed by atoms with van der Waals surface area (Å²) in [6.07, 6.45) is 9.53. The molecule has 1 N–H and O–H groups in total. The second-order valence-corrected chi connectivity index (χ2v) is 7.09. The van der Waals surface area contributed by atoms with Gasteiger partial charge in [0.1, 0.15) is 11.4 Å². The van der Waals surface area contributed by atoms with Gasteiger partial charge in [0.25, 0.3) is 0 Å². The number of amides is 2. The number of anilines is 2. The van der Waals surface area contributed by atoms with E-state index in [-0.39, 0.29) is 12.0 Å². The van der Waals surface area contributed by atoms with Gasteiger partial charge in [-0.1, -0.05) is 18.2 Å². The van der Waals surface area contributed by atoms with Crippen LogP contribution in [-0.4, -0.2) is 58.6 Å². The number of hydrogen-bond acceptors (Lipinski definition) is 6. The van der Waals surface area contributed by atoms with E-state index in [4.69, 9.17) is 4.74 Å². The predicted molar refractivity (Wildman–Crippen MR) is 105 cm³/mol. The van der Waals surface area contributed by atoms with Crippen molar-refractivity contribution in [2.75, 3.05) is 36.4 Å². The highest BCUT2D eigenvalue weighted by Gasteiger charge is 2.26. The van der Waals surface area contributed by atoms with E-state index in [0.717, 1.165) is 0 Å². The lowest BCUT2D eigenvalue weighted by Gasteiger charge is -2.36. The Morgan fingerprint density at radius 3 is 2.37 bits per heavy atom. The van der Waals surface area contributed by atoms with Crippen molar-refractivity contribution in [3.8, 4) is 0 Å². The number of carbonyl (C=O) groups excluding carboxylic acids is 2. The molecule has 2 rings (SSSR count). The summed E-state index contributed by atoms with van der Waals surface area (Å²) < 4.78 is 5.40. The average molecular weight is 373 g/mol. The average Bonchev–Trinajstić information content (AvgIpc) is 2.61. The molecule has 0 saturated carbocycles. The second-order valence-electron chi connectivity index (χ2n) is 7.09. The molecule has 1 aliphatic rings. The predicted octanol–water partition coefficient (Wildman–Crippen LogP) is 2.60. The summed E-state index contributed by atoms with van der Waals surface area (Å²) in [6, 6.07) is 0. The van der Waals surface area contributed by atoms with Crippen molar-refractivity contribution in [1.29, 1.82) is 0 Å². The Bertz CT molecular complexity index is 699. The zero-order valence-corrected chi connectivity index (χ0v) is 16.3. The maximum Gasteiger partial charge on any atom is 0.410 e. The van der Waals surface area contributed by atoms with E-state index >= 15 is 0 Å². The Kier molecular flexibility index (Phi) is 6.92. The van der Waals surface area contributed by atoms with Crippen LogP contribution in [0.1, 0.15) is 27.7 Å². The number of ether oxygens (including phenoxy) is 1. The topological polar surface area (TPSA) is 87.7 Å². The van der Waals surface area contributed by atoms with Gasteiger partial charge in [-0.2, -0.15) is 0 Å². The normalized spacial score (nSPS) is 15.4. The van der Waals surface area contributed by atoms with Crippen molar-refractivity contribution in [2.45, 2.75) is 33.3 Å². The quantitative estimate of drug-likeness (QED) is 0.645. The molecule has 1 fully saturated rings. The molecule has 8 heteroatoms. The molecule has 0 unspecified atom stereocenters. The Morgan fingerprint density at radius 1 is 1.11 bits per heavy atom. The van der Waals surface area contributed by atoms with Crippen LogP contribution in [0.4, 0.5) is 16.4 Å². The molecule has 0 atom stereocenters. The molecule has 8 nitrogen and oxygen atoms in total. The first-order chi connectivity index (χ1) is 12.8. The molecule has 0 radical (unpaired) electrons. The van der Waals surface area contributed by atoms with E-state index in [1.165, 1.54) is 12.3 Å². The van der Waals surface area contributed by atoms with Gasteiger partial charge in [0.15, 0.2) is 5.82 Å². The van der Waals surface area contributed by atoms with Crippen LogP contribution in [-0.2, 0) is 9.53 Å². The first-order valence-electron chi connectivity index (χ1n) is 8.94. The standard InChI is InChI=1S/C19H27N5O3/c1-5-6-7-8-17(25)22-15-13-21-16(14-20-15)23-9-11-24(12-10-23)18(26)27-19(2,3)4/h5-8,13-14H,9-12H2,1-4H3,(H,20,22,25). The Labute approximate surface area is 159 Å².